The van der Waals surface area contributed by atoms with Crippen LogP contribution in [0.3, 0.4) is 0 Å². The second-order valence-corrected chi connectivity index (χ2v) is 6.08. The van der Waals surface area contributed by atoms with Crippen LogP contribution in [-0.4, -0.2) is 75.2 Å². The van der Waals surface area contributed by atoms with E-state index in [9.17, 15) is 4.79 Å². The second-order valence-electron chi connectivity index (χ2n) is 6.08. The molecule has 0 saturated heterocycles. The Morgan fingerprint density at radius 2 is 1.78 bits per heavy atom. The Morgan fingerprint density at radius 3 is 2.33 bits per heavy atom. The first-order valence-electron chi connectivity index (χ1n) is 9.53. The van der Waals surface area contributed by atoms with E-state index in [4.69, 9.17) is 9.47 Å². The fourth-order valence-electron chi connectivity index (χ4n) is 2.52. The molecule has 1 N–H and O–H groups in total. The van der Waals surface area contributed by atoms with E-state index in [1.54, 1.807) is 7.11 Å². The van der Waals surface area contributed by atoms with Gasteiger partial charge in [-0.05, 0) is 38.5 Å². The van der Waals surface area contributed by atoms with Crippen molar-refractivity contribution < 1.29 is 14.3 Å². The summed E-state index contributed by atoms with van der Waals surface area (Å²) in [6, 6.07) is 7.86. The summed E-state index contributed by atoms with van der Waals surface area (Å²) in [6.45, 7) is 10.1. The zero-order chi connectivity index (χ0) is 20.1. The van der Waals surface area contributed by atoms with Crippen LogP contribution in [0.2, 0.25) is 0 Å². The molecule has 0 aliphatic heterocycles. The molecule has 1 amide bonds. The van der Waals surface area contributed by atoms with Crippen molar-refractivity contribution >= 4 is 11.9 Å². The minimum atomic E-state index is 0.102. The van der Waals surface area contributed by atoms with E-state index in [2.05, 4.69) is 10.3 Å². The molecular formula is C20H34N4O3. The van der Waals surface area contributed by atoms with Crippen molar-refractivity contribution in [2.75, 3.05) is 53.6 Å². The number of guanidine groups is 1. The van der Waals surface area contributed by atoms with E-state index in [1.165, 1.54) is 0 Å². The van der Waals surface area contributed by atoms with Crippen LogP contribution >= 0.6 is 0 Å². The smallest absolute Gasteiger partial charge is 0.242 e. The SMILES string of the molecule is CCNC(=NCc1ccc(OCCOC)cc1)N(C)CC(=O)N(CC)CC. The molecule has 27 heavy (non-hydrogen) atoms. The van der Waals surface area contributed by atoms with Crippen molar-refractivity contribution in [1.29, 1.82) is 0 Å². The maximum absolute atomic E-state index is 12.3. The largest absolute Gasteiger partial charge is 0.491 e. The Morgan fingerprint density at radius 1 is 1.11 bits per heavy atom. The molecule has 1 aromatic rings. The Balaban J connectivity index is 2.68. The van der Waals surface area contributed by atoms with Crippen molar-refractivity contribution in [2.45, 2.75) is 27.3 Å². The number of hydrogen-bond donors (Lipinski definition) is 1. The van der Waals surface area contributed by atoms with Gasteiger partial charge in [0.15, 0.2) is 5.96 Å². The average Bonchev–Trinajstić information content (AvgIpc) is 2.67. The molecule has 0 atom stereocenters. The quantitative estimate of drug-likeness (QED) is 0.362. The van der Waals surface area contributed by atoms with Crippen molar-refractivity contribution in [2.24, 2.45) is 4.99 Å². The molecule has 0 aliphatic rings. The molecule has 152 valence electrons. The average molecular weight is 379 g/mol. The number of aliphatic imine (C=N–C) groups is 1. The first-order valence-corrected chi connectivity index (χ1v) is 9.53. The van der Waals surface area contributed by atoms with Crippen LogP contribution in [0.15, 0.2) is 29.3 Å². The van der Waals surface area contributed by atoms with E-state index < -0.39 is 0 Å². The van der Waals surface area contributed by atoms with Gasteiger partial charge >= 0.3 is 0 Å². The number of nitrogens with one attached hydrogen (secondary N) is 1. The van der Waals surface area contributed by atoms with Crippen molar-refractivity contribution in [3.8, 4) is 5.75 Å². The van der Waals surface area contributed by atoms with Gasteiger partial charge in [0, 0.05) is 33.8 Å². The highest BCUT2D eigenvalue weighted by Crippen LogP contribution is 2.13. The molecule has 0 aromatic heterocycles. The summed E-state index contributed by atoms with van der Waals surface area (Å²) >= 11 is 0. The van der Waals surface area contributed by atoms with Crippen LogP contribution in [0.4, 0.5) is 0 Å². The van der Waals surface area contributed by atoms with Gasteiger partial charge in [0.1, 0.15) is 12.4 Å². The topological polar surface area (TPSA) is 66.4 Å². The number of amides is 1. The second kappa shape index (κ2) is 13.0. The number of rotatable bonds is 11. The highest BCUT2D eigenvalue weighted by molar-refractivity contribution is 5.86. The summed E-state index contributed by atoms with van der Waals surface area (Å²) in [5, 5.41) is 3.25. The lowest BCUT2D eigenvalue weighted by molar-refractivity contribution is -0.131. The van der Waals surface area contributed by atoms with Gasteiger partial charge in [0.25, 0.3) is 0 Å². The molecule has 7 nitrogen and oxygen atoms in total. The highest BCUT2D eigenvalue weighted by Gasteiger charge is 2.14. The van der Waals surface area contributed by atoms with Crippen molar-refractivity contribution in [3.05, 3.63) is 29.8 Å². The van der Waals surface area contributed by atoms with Crippen LogP contribution < -0.4 is 10.1 Å². The first kappa shape index (κ1) is 22.8. The third-order valence-electron chi connectivity index (χ3n) is 4.08. The predicted molar refractivity (Wildman–Crippen MR) is 109 cm³/mol. The molecule has 7 heteroatoms. The molecule has 0 fully saturated rings. The lowest BCUT2D eigenvalue weighted by atomic mass is 10.2. The lowest BCUT2D eigenvalue weighted by Crippen LogP contribution is -2.45. The number of benzene rings is 1. The minimum absolute atomic E-state index is 0.102. The minimum Gasteiger partial charge on any atom is -0.491 e. The van der Waals surface area contributed by atoms with Gasteiger partial charge in [-0.3, -0.25) is 4.79 Å². The summed E-state index contributed by atoms with van der Waals surface area (Å²) in [5.41, 5.74) is 1.08. The Bertz CT molecular complexity index is 571. The molecule has 0 unspecified atom stereocenters. The summed E-state index contributed by atoms with van der Waals surface area (Å²) < 4.78 is 10.5. The first-order chi connectivity index (χ1) is 13.0. The number of likely N-dealkylation sites (N-methyl/N-ethyl adjacent to an activating group) is 2. The predicted octanol–water partition coefficient (Wildman–Crippen LogP) is 1.98. The van der Waals surface area contributed by atoms with Crippen LogP contribution in [0, 0.1) is 0 Å². The summed E-state index contributed by atoms with van der Waals surface area (Å²) in [6.07, 6.45) is 0. The molecular weight excluding hydrogens is 344 g/mol. The molecule has 0 saturated carbocycles. The number of nitrogens with zero attached hydrogens (tertiary/aromatic N) is 3. The van der Waals surface area contributed by atoms with E-state index in [0.29, 0.717) is 26.3 Å². The monoisotopic (exact) mass is 378 g/mol. The van der Waals surface area contributed by atoms with Gasteiger partial charge in [0.05, 0.1) is 19.7 Å². The zero-order valence-electron chi connectivity index (χ0n) is 17.3. The van der Waals surface area contributed by atoms with Crippen LogP contribution in [0.25, 0.3) is 0 Å². The number of ether oxygens (including phenoxy) is 2. The molecule has 0 bridgehead atoms. The van der Waals surface area contributed by atoms with Gasteiger partial charge in [-0.15, -0.1) is 0 Å². The van der Waals surface area contributed by atoms with Crippen LogP contribution in [-0.2, 0) is 16.1 Å². The van der Waals surface area contributed by atoms with Gasteiger partial charge in [-0.1, -0.05) is 12.1 Å². The summed E-state index contributed by atoms with van der Waals surface area (Å²) in [4.78, 5) is 20.7. The molecule has 0 heterocycles. The zero-order valence-corrected chi connectivity index (χ0v) is 17.3. The van der Waals surface area contributed by atoms with Crippen molar-refractivity contribution in [1.82, 2.24) is 15.1 Å². The molecule has 0 radical (unpaired) electrons. The third-order valence-corrected chi connectivity index (χ3v) is 4.08. The van der Waals surface area contributed by atoms with Gasteiger partial charge in [0.2, 0.25) is 5.91 Å². The fourth-order valence-corrected chi connectivity index (χ4v) is 2.52. The van der Waals surface area contributed by atoms with Gasteiger partial charge in [-0.25, -0.2) is 4.99 Å². The number of carbonyl (C=O) groups is 1. The molecule has 1 aromatic carbocycles. The molecule has 0 spiro atoms. The number of hydrogen-bond acceptors (Lipinski definition) is 4. The van der Waals surface area contributed by atoms with Gasteiger partial charge in [-0.2, -0.15) is 0 Å². The Kier molecular flexibility index (Phi) is 10.9. The summed E-state index contributed by atoms with van der Waals surface area (Å²) in [7, 11) is 3.54. The fraction of sp³-hybridized carbons (Fsp3) is 0.600. The maximum Gasteiger partial charge on any atom is 0.242 e. The van der Waals surface area contributed by atoms with Gasteiger partial charge < -0.3 is 24.6 Å². The standard InChI is InChI=1S/C20H34N4O3/c1-6-21-20(23(4)16-19(25)24(7-2)8-3)22-15-17-9-11-18(12-10-17)27-14-13-26-5/h9-12H,6-8,13-16H2,1-5H3,(H,21,22). The van der Waals surface area contributed by atoms with Crippen LogP contribution in [0.5, 0.6) is 5.75 Å². The third kappa shape index (κ3) is 8.30. The van der Waals surface area contributed by atoms with E-state index in [-0.39, 0.29) is 5.91 Å². The van der Waals surface area contributed by atoms with E-state index in [1.807, 2.05) is 61.9 Å². The Hall–Kier alpha value is -2.28. The van der Waals surface area contributed by atoms with E-state index in [0.717, 1.165) is 36.9 Å². The normalized spacial score (nSPS) is 11.2. The maximum atomic E-state index is 12.3. The Labute approximate surface area is 163 Å². The van der Waals surface area contributed by atoms with Crippen LogP contribution in [0.1, 0.15) is 26.3 Å². The summed E-state index contributed by atoms with van der Waals surface area (Å²) in [5.74, 6) is 1.64. The number of carbonyl (C=O) groups excluding carboxylic acids is 1. The highest BCUT2D eigenvalue weighted by atomic mass is 16.5. The van der Waals surface area contributed by atoms with E-state index >= 15 is 0 Å². The number of methoxy groups -OCH3 is 1. The molecule has 1 rings (SSSR count). The molecule has 0 aliphatic carbocycles. The van der Waals surface area contributed by atoms with Crippen molar-refractivity contribution in [3.63, 3.8) is 0 Å². The lowest BCUT2D eigenvalue weighted by Gasteiger charge is -2.25.